The number of ether oxygens (including phenoxy) is 1. The van der Waals surface area contributed by atoms with Crippen LogP contribution in [0.2, 0.25) is 0 Å². The van der Waals surface area contributed by atoms with Crippen LogP contribution in [0.15, 0.2) is 78.9 Å². The van der Waals surface area contributed by atoms with E-state index in [1.54, 1.807) is 66.7 Å². The molecule has 1 N–H and O–H groups in total. The summed E-state index contributed by atoms with van der Waals surface area (Å²) in [5.74, 6) is -1.42. The maximum absolute atomic E-state index is 13.0. The summed E-state index contributed by atoms with van der Waals surface area (Å²) in [6, 6.07) is 23.1. The molecule has 0 radical (unpaired) electrons. The predicted octanol–water partition coefficient (Wildman–Crippen LogP) is 4.30. The number of hydrogen-bond donors (Lipinski definition) is 1. The quantitative estimate of drug-likeness (QED) is 0.493. The number of carbonyl (C=O) groups excluding carboxylic acids is 3. The van der Waals surface area contributed by atoms with E-state index >= 15 is 0 Å². The number of amides is 1. The van der Waals surface area contributed by atoms with Gasteiger partial charge in [0.05, 0.1) is 17.2 Å². The minimum atomic E-state index is -1.22. The van der Waals surface area contributed by atoms with E-state index in [2.05, 4.69) is 5.32 Å². The van der Waals surface area contributed by atoms with Crippen LogP contribution in [-0.4, -0.2) is 17.7 Å². The smallest absolute Gasteiger partial charge is 0.339 e. The summed E-state index contributed by atoms with van der Waals surface area (Å²) >= 11 is 0. The zero-order valence-electron chi connectivity index (χ0n) is 16.2. The van der Waals surface area contributed by atoms with Gasteiger partial charge in [-0.25, -0.2) is 4.79 Å². The molecule has 30 heavy (non-hydrogen) atoms. The SMILES string of the molecule is CC(=O)c1cccc(NC(=O)[C@H](OC(=O)c2cccc(C#N)c2)c2ccccc2)c1. The van der Waals surface area contributed by atoms with E-state index in [1.165, 1.54) is 19.1 Å². The fraction of sp³-hybridized carbons (Fsp3) is 0.0833. The average molecular weight is 398 g/mol. The molecule has 3 aromatic rings. The Morgan fingerprint density at radius 2 is 1.60 bits per heavy atom. The average Bonchev–Trinajstić information content (AvgIpc) is 2.78. The van der Waals surface area contributed by atoms with Crippen molar-refractivity contribution in [2.45, 2.75) is 13.0 Å². The molecule has 0 fully saturated rings. The number of nitrogens with one attached hydrogen (secondary N) is 1. The minimum absolute atomic E-state index is 0.130. The molecule has 148 valence electrons. The van der Waals surface area contributed by atoms with Crippen LogP contribution in [0.4, 0.5) is 5.69 Å². The summed E-state index contributed by atoms with van der Waals surface area (Å²) in [5.41, 5.74) is 1.83. The number of nitriles is 1. The Hall–Kier alpha value is -4.24. The number of benzene rings is 3. The lowest BCUT2D eigenvalue weighted by Crippen LogP contribution is -2.26. The molecular formula is C24H18N2O4. The van der Waals surface area contributed by atoms with Gasteiger partial charge in [-0.1, -0.05) is 48.5 Å². The Bertz CT molecular complexity index is 1130. The molecule has 0 bridgehead atoms. The molecule has 0 aliphatic heterocycles. The molecule has 0 aliphatic rings. The number of esters is 1. The van der Waals surface area contributed by atoms with Crippen molar-refractivity contribution in [1.29, 1.82) is 5.26 Å². The summed E-state index contributed by atoms with van der Waals surface area (Å²) in [6.45, 7) is 1.44. The highest BCUT2D eigenvalue weighted by Crippen LogP contribution is 2.22. The Morgan fingerprint density at radius 1 is 0.900 bits per heavy atom. The second kappa shape index (κ2) is 9.30. The van der Waals surface area contributed by atoms with Crippen LogP contribution in [0.25, 0.3) is 0 Å². The highest BCUT2D eigenvalue weighted by molar-refractivity contribution is 6.00. The van der Waals surface area contributed by atoms with Crippen LogP contribution >= 0.6 is 0 Å². The van der Waals surface area contributed by atoms with E-state index in [0.29, 0.717) is 22.4 Å². The van der Waals surface area contributed by atoms with Gasteiger partial charge in [-0.05, 0) is 37.3 Å². The van der Waals surface area contributed by atoms with Gasteiger partial charge in [0.2, 0.25) is 6.10 Å². The lowest BCUT2D eigenvalue weighted by atomic mass is 10.1. The highest BCUT2D eigenvalue weighted by Gasteiger charge is 2.26. The lowest BCUT2D eigenvalue weighted by Gasteiger charge is -2.18. The second-order valence-corrected chi connectivity index (χ2v) is 6.51. The largest absolute Gasteiger partial charge is 0.444 e. The first-order valence-corrected chi connectivity index (χ1v) is 9.16. The Balaban J connectivity index is 1.86. The fourth-order valence-electron chi connectivity index (χ4n) is 2.82. The zero-order chi connectivity index (χ0) is 21.5. The van der Waals surface area contributed by atoms with Crippen LogP contribution in [-0.2, 0) is 9.53 Å². The van der Waals surface area contributed by atoms with E-state index in [1.807, 2.05) is 6.07 Å². The molecule has 3 aromatic carbocycles. The molecule has 0 unspecified atom stereocenters. The molecule has 3 rings (SSSR count). The van der Waals surface area contributed by atoms with Crippen LogP contribution in [0.1, 0.15) is 44.9 Å². The van der Waals surface area contributed by atoms with Crippen molar-refractivity contribution in [3.8, 4) is 6.07 Å². The highest BCUT2D eigenvalue weighted by atomic mass is 16.5. The molecule has 0 aliphatic carbocycles. The normalized spacial score (nSPS) is 11.1. The van der Waals surface area contributed by atoms with E-state index < -0.39 is 18.0 Å². The topological polar surface area (TPSA) is 96.3 Å². The molecular weight excluding hydrogens is 380 g/mol. The van der Waals surface area contributed by atoms with Gasteiger partial charge in [0.25, 0.3) is 5.91 Å². The van der Waals surface area contributed by atoms with Crippen molar-refractivity contribution in [2.24, 2.45) is 0 Å². The second-order valence-electron chi connectivity index (χ2n) is 6.51. The molecule has 0 aromatic heterocycles. The van der Waals surface area contributed by atoms with Crippen molar-refractivity contribution >= 4 is 23.3 Å². The Labute approximate surface area is 173 Å². The van der Waals surface area contributed by atoms with Crippen molar-refractivity contribution in [1.82, 2.24) is 0 Å². The summed E-state index contributed by atoms with van der Waals surface area (Å²) in [7, 11) is 0. The summed E-state index contributed by atoms with van der Waals surface area (Å²) in [6.07, 6.45) is -1.22. The van der Waals surface area contributed by atoms with Crippen molar-refractivity contribution < 1.29 is 19.1 Å². The predicted molar refractivity (Wildman–Crippen MR) is 111 cm³/mol. The lowest BCUT2D eigenvalue weighted by molar-refractivity contribution is -0.125. The minimum Gasteiger partial charge on any atom is -0.444 e. The van der Waals surface area contributed by atoms with E-state index in [9.17, 15) is 14.4 Å². The van der Waals surface area contributed by atoms with E-state index in [4.69, 9.17) is 10.00 Å². The number of nitrogens with zero attached hydrogens (tertiary/aromatic N) is 1. The standard InChI is InChI=1S/C24H18N2O4/c1-16(27)19-10-6-12-21(14-19)26-23(28)22(18-8-3-2-4-9-18)30-24(29)20-11-5-7-17(13-20)15-25/h2-14,22H,1H3,(H,26,28)/t22-/m1/s1. The summed E-state index contributed by atoms with van der Waals surface area (Å²) in [4.78, 5) is 37.2. The molecule has 6 heteroatoms. The number of carbonyl (C=O) groups is 3. The van der Waals surface area contributed by atoms with E-state index in [-0.39, 0.29) is 11.3 Å². The van der Waals surface area contributed by atoms with Gasteiger partial charge in [-0.15, -0.1) is 0 Å². The first kappa shape index (κ1) is 20.5. The third kappa shape index (κ3) is 4.97. The Kier molecular flexibility index (Phi) is 6.36. The van der Waals surface area contributed by atoms with Crippen molar-refractivity contribution in [3.63, 3.8) is 0 Å². The van der Waals surface area contributed by atoms with Crippen LogP contribution in [0.5, 0.6) is 0 Å². The molecule has 0 saturated heterocycles. The van der Waals surface area contributed by atoms with Crippen LogP contribution < -0.4 is 5.32 Å². The molecule has 0 heterocycles. The molecule has 0 saturated carbocycles. The van der Waals surface area contributed by atoms with Gasteiger partial charge in [-0.2, -0.15) is 5.26 Å². The van der Waals surface area contributed by atoms with Crippen LogP contribution in [0.3, 0.4) is 0 Å². The molecule has 0 spiro atoms. The number of anilines is 1. The zero-order valence-corrected chi connectivity index (χ0v) is 16.2. The maximum atomic E-state index is 13.0. The van der Waals surface area contributed by atoms with Gasteiger partial charge in [-0.3, -0.25) is 9.59 Å². The van der Waals surface area contributed by atoms with Crippen molar-refractivity contribution in [2.75, 3.05) is 5.32 Å². The van der Waals surface area contributed by atoms with Gasteiger partial charge < -0.3 is 10.1 Å². The van der Waals surface area contributed by atoms with Crippen molar-refractivity contribution in [3.05, 3.63) is 101 Å². The summed E-state index contributed by atoms with van der Waals surface area (Å²) in [5, 5.41) is 11.7. The monoisotopic (exact) mass is 398 g/mol. The molecule has 6 nitrogen and oxygen atoms in total. The molecule has 1 atom stereocenters. The number of ketones is 1. The maximum Gasteiger partial charge on any atom is 0.339 e. The number of hydrogen-bond acceptors (Lipinski definition) is 5. The first-order chi connectivity index (χ1) is 14.5. The third-order valence-corrected chi connectivity index (χ3v) is 4.33. The van der Waals surface area contributed by atoms with Gasteiger partial charge in [0, 0.05) is 16.8 Å². The van der Waals surface area contributed by atoms with Crippen LogP contribution in [0, 0.1) is 11.3 Å². The van der Waals surface area contributed by atoms with E-state index in [0.717, 1.165) is 0 Å². The summed E-state index contributed by atoms with van der Waals surface area (Å²) < 4.78 is 5.51. The number of Topliss-reactive ketones (excluding diaryl/α,β-unsaturated/α-hetero) is 1. The van der Waals surface area contributed by atoms with Gasteiger partial charge >= 0.3 is 5.97 Å². The number of rotatable bonds is 6. The third-order valence-electron chi connectivity index (χ3n) is 4.33. The van der Waals surface area contributed by atoms with Gasteiger partial charge in [0.15, 0.2) is 5.78 Å². The van der Waals surface area contributed by atoms with Gasteiger partial charge in [0.1, 0.15) is 0 Å². The first-order valence-electron chi connectivity index (χ1n) is 9.16. The Morgan fingerprint density at radius 3 is 2.30 bits per heavy atom. The fourth-order valence-corrected chi connectivity index (χ4v) is 2.82. The molecule has 1 amide bonds.